The van der Waals surface area contributed by atoms with Crippen molar-refractivity contribution in [1.82, 2.24) is 9.80 Å². The first kappa shape index (κ1) is 15.0. The lowest BCUT2D eigenvalue weighted by molar-refractivity contribution is -0.149. The number of nitrogens with zero attached hydrogens (tertiary/aromatic N) is 2. The number of hydrogen-bond acceptors (Lipinski definition) is 4. The van der Waals surface area contributed by atoms with Crippen molar-refractivity contribution >= 4 is 17.6 Å². The number of ether oxygens (including phenoxy) is 1. The van der Waals surface area contributed by atoms with Crippen LogP contribution in [-0.4, -0.2) is 60.7 Å². The summed E-state index contributed by atoms with van der Waals surface area (Å²) in [7, 11) is 1.55. The van der Waals surface area contributed by atoms with Gasteiger partial charge in [-0.15, -0.1) is 0 Å². The molecule has 6 nitrogen and oxygen atoms in total. The van der Waals surface area contributed by atoms with Crippen LogP contribution in [0.2, 0.25) is 0 Å². The van der Waals surface area contributed by atoms with E-state index >= 15 is 0 Å². The molecule has 21 heavy (non-hydrogen) atoms. The van der Waals surface area contributed by atoms with Crippen LogP contribution in [0.15, 0.2) is 24.3 Å². The van der Waals surface area contributed by atoms with Gasteiger partial charge in [0, 0.05) is 12.1 Å². The molecule has 0 radical (unpaired) electrons. The van der Waals surface area contributed by atoms with Crippen molar-refractivity contribution in [2.45, 2.75) is 6.92 Å². The number of Topliss-reactive ketones (excluding diaryl/α,β-unsaturated/α-hetero) is 1. The molecular weight excluding hydrogens is 272 g/mol. The first-order valence-electron chi connectivity index (χ1n) is 6.78. The third-order valence-electron chi connectivity index (χ3n) is 3.49. The maximum Gasteiger partial charge on any atom is 0.243 e. The number of methoxy groups -OCH3 is 1. The lowest BCUT2D eigenvalue weighted by Crippen LogP contribution is -2.54. The SMILES string of the molecule is CCN1CC(=O)N(CC(=O)c2ccc(OC)cc2)CC1=O. The monoisotopic (exact) mass is 290 g/mol. The Kier molecular flexibility index (Phi) is 4.57. The first-order chi connectivity index (χ1) is 10.0. The highest BCUT2D eigenvalue weighted by molar-refractivity contribution is 6.01. The number of carbonyl (C=O) groups excluding carboxylic acids is 3. The van der Waals surface area contributed by atoms with Gasteiger partial charge in [0.1, 0.15) is 12.3 Å². The fourth-order valence-corrected chi connectivity index (χ4v) is 2.18. The molecule has 0 bridgehead atoms. The van der Waals surface area contributed by atoms with Gasteiger partial charge in [0.05, 0.1) is 20.2 Å². The van der Waals surface area contributed by atoms with Crippen molar-refractivity contribution < 1.29 is 19.1 Å². The maximum atomic E-state index is 12.2. The zero-order valence-electron chi connectivity index (χ0n) is 12.2. The van der Waals surface area contributed by atoms with Gasteiger partial charge in [0.2, 0.25) is 11.8 Å². The second kappa shape index (κ2) is 6.39. The molecule has 1 aromatic carbocycles. The predicted molar refractivity (Wildman–Crippen MR) is 76.2 cm³/mol. The largest absolute Gasteiger partial charge is 0.497 e. The molecule has 1 aliphatic rings. The van der Waals surface area contributed by atoms with Crippen LogP contribution in [-0.2, 0) is 9.59 Å². The molecule has 1 aliphatic heterocycles. The molecule has 0 saturated carbocycles. The van der Waals surface area contributed by atoms with Crippen molar-refractivity contribution in [1.29, 1.82) is 0 Å². The maximum absolute atomic E-state index is 12.2. The zero-order valence-corrected chi connectivity index (χ0v) is 12.2. The van der Waals surface area contributed by atoms with E-state index in [1.807, 2.05) is 6.92 Å². The molecule has 1 fully saturated rings. The number of likely N-dealkylation sites (N-methyl/N-ethyl adjacent to an activating group) is 1. The van der Waals surface area contributed by atoms with Crippen molar-refractivity contribution in [3.05, 3.63) is 29.8 Å². The fourth-order valence-electron chi connectivity index (χ4n) is 2.18. The van der Waals surface area contributed by atoms with Crippen molar-refractivity contribution in [2.24, 2.45) is 0 Å². The Hall–Kier alpha value is -2.37. The Morgan fingerprint density at radius 2 is 1.67 bits per heavy atom. The molecule has 0 aromatic heterocycles. The van der Waals surface area contributed by atoms with Crippen LogP contribution < -0.4 is 4.74 Å². The van der Waals surface area contributed by atoms with E-state index < -0.39 is 0 Å². The van der Waals surface area contributed by atoms with Gasteiger partial charge in [-0.05, 0) is 31.2 Å². The molecule has 2 rings (SSSR count). The van der Waals surface area contributed by atoms with Gasteiger partial charge in [-0.2, -0.15) is 0 Å². The third kappa shape index (κ3) is 3.39. The first-order valence-corrected chi connectivity index (χ1v) is 6.78. The summed E-state index contributed by atoms with van der Waals surface area (Å²) in [5.41, 5.74) is 0.494. The molecule has 112 valence electrons. The molecule has 0 N–H and O–H groups in total. The summed E-state index contributed by atoms with van der Waals surface area (Å²) in [6, 6.07) is 6.68. The van der Waals surface area contributed by atoms with Crippen LogP contribution in [0, 0.1) is 0 Å². The lowest BCUT2D eigenvalue weighted by Gasteiger charge is -2.32. The Morgan fingerprint density at radius 1 is 1.10 bits per heavy atom. The highest BCUT2D eigenvalue weighted by Crippen LogP contribution is 2.13. The summed E-state index contributed by atoms with van der Waals surface area (Å²) in [6.07, 6.45) is 0. The van der Waals surface area contributed by atoms with Crippen LogP contribution in [0.1, 0.15) is 17.3 Å². The van der Waals surface area contributed by atoms with Gasteiger partial charge in [-0.1, -0.05) is 0 Å². The Balaban J connectivity index is 2.02. The molecule has 0 spiro atoms. The Labute approximate surface area is 123 Å². The fraction of sp³-hybridized carbons (Fsp3) is 0.400. The topological polar surface area (TPSA) is 66.9 Å². The van der Waals surface area contributed by atoms with E-state index in [0.29, 0.717) is 17.9 Å². The van der Waals surface area contributed by atoms with Crippen LogP contribution >= 0.6 is 0 Å². The third-order valence-corrected chi connectivity index (χ3v) is 3.49. The van der Waals surface area contributed by atoms with E-state index in [-0.39, 0.29) is 37.2 Å². The average molecular weight is 290 g/mol. The molecule has 0 unspecified atom stereocenters. The number of benzene rings is 1. The highest BCUT2D eigenvalue weighted by Gasteiger charge is 2.30. The molecule has 2 amide bonds. The van der Waals surface area contributed by atoms with Gasteiger partial charge in [-0.25, -0.2) is 0 Å². The number of amides is 2. The smallest absolute Gasteiger partial charge is 0.243 e. The summed E-state index contributed by atoms with van der Waals surface area (Å²) in [5, 5.41) is 0. The van der Waals surface area contributed by atoms with E-state index in [2.05, 4.69) is 0 Å². The predicted octanol–water partition coefficient (Wildman–Crippen LogP) is 0.569. The van der Waals surface area contributed by atoms with E-state index in [9.17, 15) is 14.4 Å². The molecule has 0 aliphatic carbocycles. The Morgan fingerprint density at radius 3 is 2.24 bits per heavy atom. The summed E-state index contributed by atoms with van der Waals surface area (Å²) >= 11 is 0. The minimum absolute atomic E-state index is 0.0332. The molecular formula is C15H18N2O4. The van der Waals surface area contributed by atoms with Crippen LogP contribution in [0.5, 0.6) is 5.75 Å². The second-order valence-corrected chi connectivity index (χ2v) is 4.81. The van der Waals surface area contributed by atoms with Gasteiger partial charge < -0.3 is 14.5 Å². The van der Waals surface area contributed by atoms with Gasteiger partial charge >= 0.3 is 0 Å². The van der Waals surface area contributed by atoms with Crippen molar-refractivity contribution in [3.63, 3.8) is 0 Å². The minimum atomic E-state index is -0.196. The lowest BCUT2D eigenvalue weighted by atomic mass is 10.1. The number of ketones is 1. The number of carbonyl (C=O) groups is 3. The summed E-state index contributed by atoms with van der Waals surface area (Å²) in [5.74, 6) is 0.149. The molecule has 1 saturated heterocycles. The van der Waals surface area contributed by atoms with Gasteiger partial charge in [-0.3, -0.25) is 14.4 Å². The number of rotatable bonds is 5. The van der Waals surface area contributed by atoms with E-state index in [1.165, 1.54) is 9.80 Å². The van der Waals surface area contributed by atoms with Crippen LogP contribution in [0.3, 0.4) is 0 Å². The molecule has 6 heteroatoms. The minimum Gasteiger partial charge on any atom is -0.497 e. The van der Waals surface area contributed by atoms with Crippen molar-refractivity contribution in [2.75, 3.05) is 33.3 Å². The quantitative estimate of drug-likeness (QED) is 0.744. The average Bonchev–Trinajstić information content (AvgIpc) is 2.50. The van der Waals surface area contributed by atoms with Gasteiger partial charge in [0.25, 0.3) is 0 Å². The number of hydrogen-bond donors (Lipinski definition) is 0. The molecule has 0 atom stereocenters. The second-order valence-electron chi connectivity index (χ2n) is 4.81. The summed E-state index contributed by atoms with van der Waals surface area (Å²) in [4.78, 5) is 38.7. The number of piperazine rings is 1. The highest BCUT2D eigenvalue weighted by atomic mass is 16.5. The van der Waals surface area contributed by atoms with E-state index in [1.54, 1.807) is 31.4 Å². The Bertz CT molecular complexity index is 553. The zero-order chi connectivity index (χ0) is 15.4. The molecule has 1 heterocycles. The standard InChI is InChI=1S/C15H18N2O4/c1-3-16-9-15(20)17(10-14(16)19)8-13(18)11-4-6-12(21-2)7-5-11/h4-7H,3,8-10H2,1-2H3. The summed E-state index contributed by atoms with van der Waals surface area (Å²) < 4.78 is 5.03. The summed E-state index contributed by atoms with van der Waals surface area (Å²) in [6.45, 7) is 2.27. The van der Waals surface area contributed by atoms with Crippen LogP contribution in [0.4, 0.5) is 0 Å². The normalized spacial score (nSPS) is 15.3. The van der Waals surface area contributed by atoms with E-state index in [0.717, 1.165) is 0 Å². The molecule has 1 aromatic rings. The van der Waals surface area contributed by atoms with E-state index in [4.69, 9.17) is 4.74 Å². The van der Waals surface area contributed by atoms with Crippen molar-refractivity contribution in [3.8, 4) is 5.75 Å². The van der Waals surface area contributed by atoms with Gasteiger partial charge in [0.15, 0.2) is 5.78 Å². The van der Waals surface area contributed by atoms with Crippen LogP contribution in [0.25, 0.3) is 0 Å².